The lowest BCUT2D eigenvalue weighted by Gasteiger charge is -2.02. The van der Waals surface area contributed by atoms with Crippen LogP contribution in [0.2, 0.25) is 0 Å². The fourth-order valence-electron chi connectivity index (χ4n) is 1.37. The Kier molecular flexibility index (Phi) is 3.25. The summed E-state index contributed by atoms with van der Waals surface area (Å²) in [5.41, 5.74) is 0.317. The molecule has 6 nitrogen and oxygen atoms in total. The molecule has 0 aromatic carbocycles. The number of nitrogens with zero attached hydrogens (tertiary/aromatic N) is 3. The number of hydrogen-bond acceptors (Lipinski definition) is 4. The molecule has 0 spiro atoms. The number of hydrogen-bond donors (Lipinski definition) is 1. The van der Waals surface area contributed by atoms with Gasteiger partial charge < -0.3 is 9.73 Å². The Morgan fingerprint density at radius 1 is 1.67 bits per heavy atom. The summed E-state index contributed by atoms with van der Waals surface area (Å²) >= 11 is 0. The normalized spacial score (nSPS) is 10.4. The predicted octanol–water partition coefficient (Wildman–Crippen LogP) is 1.54. The molecule has 6 heteroatoms. The van der Waals surface area contributed by atoms with Crippen LogP contribution in [0.15, 0.2) is 35.1 Å². The number of aromatic nitrogens is 2. The summed E-state index contributed by atoms with van der Waals surface area (Å²) in [4.78, 5) is 11.6. The summed E-state index contributed by atoms with van der Waals surface area (Å²) in [7, 11) is 1.65. The molecule has 90 valence electrons. The largest absolute Gasteiger partial charge is 0.465 e. The molecule has 0 unspecified atom stereocenters. The van der Waals surface area contributed by atoms with Crippen molar-refractivity contribution in [2.24, 2.45) is 7.05 Å². The van der Waals surface area contributed by atoms with Gasteiger partial charge in [0.2, 0.25) is 5.91 Å². The van der Waals surface area contributed by atoms with Gasteiger partial charge in [0, 0.05) is 13.1 Å². The third-order valence-corrected chi connectivity index (χ3v) is 2.24. The van der Waals surface area contributed by atoms with Crippen molar-refractivity contribution in [1.82, 2.24) is 9.78 Å². The van der Waals surface area contributed by atoms with Crippen molar-refractivity contribution in [3.05, 3.63) is 42.0 Å². The van der Waals surface area contributed by atoms with Gasteiger partial charge in [0.05, 0.1) is 12.5 Å². The van der Waals surface area contributed by atoms with Crippen molar-refractivity contribution in [3.8, 4) is 6.07 Å². The number of furan rings is 1. The lowest BCUT2D eigenvalue weighted by atomic mass is 10.3. The first-order valence-corrected chi connectivity index (χ1v) is 5.15. The van der Waals surface area contributed by atoms with E-state index in [9.17, 15) is 4.79 Å². The molecule has 0 radical (unpaired) electrons. The molecule has 0 atom stereocenters. The van der Waals surface area contributed by atoms with Crippen molar-refractivity contribution >= 4 is 17.8 Å². The fourth-order valence-corrected chi connectivity index (χ4v) is 1.37. The van der Waals surface area contributed by atoms with Crippen LogP contribution in [0.1, 0.15) is 11.3 Å². The average molecular weight is 242 g/mol. The molecule has 0 aliphatic heterocycles. The molecule has 0 saturated heterocycles. The van der Waals surface area contributed by atoms with Gasteiger partial charge in [-0.1, -0.05) is 0 Å². The molecule has 1 N–H and O–H groups in total. The van der Waals surface area contributed by atoms with Gasteiger partial charge in [-0.3, -0.25) is 9.48 Å². The van der Waals surface area contributed by atoms with Crippen molar-refractivity contribution in [2.75, 3.05) is 5.32 Å². The Morgan fingerprint density at radius 2 is 2.50 bits per heavy atom. The Balaban J connectivity index is 2.08. The zero-order chi connectivity index (χ0) is 13.0. The van der Waals surface area contributed by atoms with E-state index >= 15 is 0 Å². The molecule has 0 bridgehead atoms. The van der Waals surface area contributed by atoms with Crippen molar-refractivity contribution in [3.63, 3.8) is 0 Å². The Morgan fingerprint density at radius 3 is 3.17 bits per heavy atom. The van der Waals surface area contributed by atoms with Crippen LogP contribution >= 0.6 is 0 Å². The topological polar surface area (TPSA) is 83.9 Å². The Hall–Kier alpha value is -2.81. The second kappa shape index (κ2) is 5.01. The third kappa shape index (κ3) is 2.47. The minimum atomic E-state index is -0.355. The molecule has 0 aliphatic rings. The van der Waals surface area contributed by atoms with E-state index in [1.807, 2.05) is 6.07 Å². The first-order valence-electron chi connectivity index (χ1n) is 5.15. The molecule has 2 heterocycles. The van der Waals surface area contributed by atoms with Gasteiger partial charge in [0.25, 0.3) is 0 Å². The second-order valence-electron chi connectivity index (χ2n) is 3.48. The van der Waals surface area contributed by atoms with E-state index in [0.717, 1.165) is 0 Å². The molecule has 0 aliphatic carbocycles. The fraction of sp³-hybridized carbons (Fsp3) is 0.0833. The number of carbonyl (C=O) groups is 1. The second-order valence-corrected chi connectivity index (χ2v) is 3.48. The maximum absolute atomic E-state index is 11.6. The van der Waals surface area contributed by atoms with Crippen LogP contribution in [0, 0.1) is 11.3 Å². The minimum absolute atomic E-state index is 0.317. The van der Waals surface area contributed by atoms with Crippen LogP contribution < -0.4 is 5.32 Å². The van der Waals surface area contributed by atoms with Crippen LogP contribution in [0.4, 0.5) is 5.82 Å². The van der Waals surface area contributed by atoms with Crippen LogP contribution in [0.3, 0.4) is 0 Å². The summed E-state index contributed by atoms with van der Waals surface area (Å²) in [5, 5.41) is 15.3. The van der Waals surface area contributed by atoms with E-state index < -0.39 is 0 Å². The van der Waals surface area contributed by atoms with Crippen LogP contribution in [-0.2, 0) is 11.8 Å². The third-order valence-electron chi connectivity index (χ3n) is 2.24. The quantitative estimate of drug-likeness (QED) is 0.827. The molecule has 1 amide bonds. The summed E-state index contributed by atoms with van der Waals surface area (Å²) in [6.45, 7) is 0. The van der Waals surface area contributed by atoms with Crippen molar-refractivity contribution in [2.45, 2.75) is 0 Å². The molecular weight excluding hydrogens is 232 g/mol. The summed E-state index contributed by atoms with van der Waals surface area (Å²) in [6.07, 6.45) is 5.78. The highest BCUT2D eigenvalue weighted by Gasteiger charge is 2.09. The van der Waals surface area contributed by atoms with Gasteiger partial charge in [-0.2, -0.15) is 10.4 Å². The van der Waals surface area contributed by atoms with E-state index in [4.69, 9.17) is 9.68 Å². The maximum atomic E-state index is 11.6. The molecule has 0 saturated carbocycles. The molecular formula is C12H10N4O2. The van der Waals surface area contributed by atoms with E-state index in [1.54, 1.807) is 19.2 Å². The monoisotopic (exact) mass is 242 g/mol. The highest BCUT2D eigenvalue weighted by Crippen LogP contribution is 2.12. The standard InChI is InChI=1S/C12H10N4O2/c1-16-12(9(7-13)8-14-16)15-11(17)5-4-10-3-2-6-18-10/h2-6,8H,1H3,(H,15,17)/b5-4+. The highest BCUT2D eigenvalue weighted by molar-refractivity contribution is 6.01. The van der Waals surface area contributed by atoms with Gasteiger partial charge in [-0.25, -0.2) is 0 Å². The number of aryl methyl sites for hydroxylation is 1. The molecule has 2 rings (SSSR count). The van der Waals surface area contributed by atoms with Crippen LogP contribution in [0.5, 0.6) is 0 Å². The SMILES string of the molecule is Cn1ncc(C#N)c1NC(=O)/C=C/c1ccco1. The first kappa shape index (κ1) is 11.7. The lowest BCUT2D eigenvalue weighted by Crippen LogP contribution is -2.12. The van der Waals surface area contributed by atoms with E-state index in [2.05, 4.69) is 10.4 Å². The van der Waals surface area contributed by atoms with Gasteiger partial charge in [-0.15, -0.1) is 0 Å². The van der Waals surface area contributed by atoms with E-state index in [-0.39, 0.29) is 5.91 Å². The number of amides is 1. The van der Waals surface area contributed by atoms with Gasteiger partial charge in [0.1, 0.15) is 23.2 Å². The number of nitrogens with one attached hydrogen (secondary N) is 1. The highest BCUT2D eigenvalue weighted by atomic mass is 16.3. The minimum Gasteiger partial charge on any atom is -0.465 e. The van der Waals surface area contributed by atoms with Gasteiger partial charge in [-0.05, 0) is 18.2 Å². The molecule has 2 aromatic rings. The molecule has 0 fully saturated rings. The number of anilines is 1. The number of rotatable bonds is 3. The zero-order valence-corrected chi connectivity index (χ0v) is 9.62. The van der Waals surface area contributed by atoms with Crippen LogP contribution in [0.25, 0.3) is 6.08 Å². The Labute approximate surface area is 103 Å². The summed E-state index contributed by atoms with van der Waals surface area (Å²) in [5.74, 6) is 0.591. The van der Waals surface area contributed by atoms with Gasteiger partial charge in [0.15, 0.2) is 0 Å². The Bertz CT molecular complexity index is 617. The maximum Gasteiger partial charge on any atom is 0.249 e. The summed E-state index contributed by atoms with van der Waals surface area (Å²) in [6, 6.07) is 5.41. The van der Waals surface area contributed by atoms with E-state index in [0.29, 0.717) is 17.1 Å². The van der Waals surface area contributed by atoms with E-state index in [1.165, 1.54) is 29.3 Å². The first-order chi connectivity index (χ1) is 8.70. The zero-order valence-electron chi connectivity index (χ0n) is 9.62. The van der Waals surface area contributed by atoms with Crippen molar-refractivity contribution < 1.29 is 9.21 Å². The molecule has 18 heavy (non-hydrogen) atoms. The summed E-state index contributed by atoms with van der Waals surface area (Å²) < 4.78 is 6.48. The smallest absolute Gasteiger partial charge is 0.249 e. The average Bonchev–Trinajstić information content (AvgIpc) is 2.98. The van der Waals surface area contributed by atoms with Crippen LogP contribution in [-0.4, -0.2) is 15.7 Å². The van der Waals surface area contributed by atoms with Crippen molar-refractivity contribution in [1.29, 1.82) is 5.26 Å². The predicted molar refractivity (Wildman–Crippen MR) is 64.3 cm³/mol. The molecule has 2 aromatic heterocycles. The number of carbonyl (C=O) groups excluding carboxylic acids is 1. The number of nitriles is 1. The van der Waals surface area contributed by atoms with Gasteiger partial charge >= 0.3 is 0 Å². The lowest BCUT2D eigenvalue weighted by molar-refractivity contribution is -0.111.